The van der Waals surface area contributed by atoms with Crippen LogP contribution in [0.4, 0.5) is 0 Å². The number of hydrogen-bond donors (Lipinski definition) is 2. The molecular formula is C26H42N2O12. The number of amides is 2. The number of hydrogen-bond acceptors (Lipinski definition) is 12. The Kier molecular flexibility index (Phi) is 24.7. The highest BCUT2D eigenvalue weighted by atomic mass is 16.6. The molecule has 2 N–H and O–H groups in total. The summed E-state index contributed by atoms with van der Waals surface area (Å²) in [5.41, 5.74) is 0.692. The number of rotatable bonds is 21. The van der Waals surface area contributed by atoms with Gasteiger partial charge >= 0.3 is 17.9 Å². The summed E-state index contributed by atoms with van der Waals surface area (Å²) in [5, 5.41) is 4.89. The molecule has 0 bridgehead atoms. The van der Waals surface area contributed by atoms with Gasteiger partial charge in [-0.3, -0.25) is 19.2 Å². The minimum absolute atomic E-state index is 0.0400. The molecule has 0 atom stereocenters. The van der Waals surface area contributed by atoms with Crippen LogP contribution < -0.4 is 10.6 Å². The van der Waals surface area contributed by atoms with Crippen molar-refractivity contribution in [2.75, 3.05) is 73.1 Å². The molecule has 0 saturated heterocycles. The van der Waals surface area contributed by atoms with Gasteiger partial charge in [0.05, 0.1) is 39.5 Å². The highest BCUT2D eigenvalue weighted by molar-refractivity contribution is 5.97. The van der Waals surface area contributed by atoms with E-state index in [4.69, 9.17) is 28.4 Å². The van der Waals surface area contributed by atoms with Gasteiger partial charge in [-0.25, -0.2) is 9.59 Å². The second-order valence-electron chi connectivity index (χ2n) is 8.03. The molecule has 228 valence electrons. The van der Waals surface area contributed by atoms with Gasteiger partial charge in [0.25, 0.3) is 0 Å². The smallest absolute Gasteiger partial charge is 0.333 e. The lowest BCUT2D eigenvalue weighted by Crippen LogP contribution is -2.36. The number of methoxy groups -OCH3 is 1. The number of nitrogens with one attached hydrogen (secondary N) is 2. The summed E-state index contributed by atoms with van der Waals surface area (Å²) >= 11 is 0. The zero-order valence-corrected chi connectivity index (χ0v) is 23.8. The van der Waals surface area contributed by atoms with Crippen LogP contribution in [0.2, 0.25) is 0 Å². The van der Waals surface area contributed by atoms with Gasteiger partial charge in [0, 0.05) is 31.3 Å². The molecule has 0 aliphatic rings. The third-order valence-electron chi connectivity index (χ3n) is 4.02. The van der Waals surface area contributed by atoms with E-state index in [9.17, 15) is 28.8 Å². The lowest BCUT2D eigenvalue weighted by atomic mass is 10.3. The molecule has 0 saturated carbocycles. The molecule has 0 aromatic heterocycles. The Bertz CT molecular complexity index is 842. The lowest BCUT2D eigenvalue weighted by Gasteiger charge is -2.08. The van der Waals surface area contributed by atoms with Gasteiger partial charge < -0.3 is 39.1 Å². The average molecular weight is 575 g/mol. The molecule has 0 radical (unpaired) electrons. The Morgan fingerprint density at radius 3 is 1.38 bits per heavy atom. The van der Waals surface area contributed by atoms with Crippen LogP contribution in [0.5, 0.6) is 0 Å². The first kappa shape index (κ1) is 38.5. The van der Waals surface area contributed by atoms with E-state index in [2.05, 4.69) is 23.8 Å². The van der Waals surface area contributed by atoms with Gasteiger partial charge in [0.1, 0.15) is 32.0 Å². The number of ketones is 1. The van der Waals surface area contributed by atoms with Crippen molar-refractivity contribution >= 4 is 35.5 Å². The van der Waals surface area contributed by atoms with Crippen LogP contribution in [0, 0.1) is 0 Å². The summed E-state index contributed by atoms with van der Waals surface area (Å²) in [6.07, 6.45) is -0.670. The maximum atomic E-state index is 11.5. The molecule has 0 spiro atoms. The largest absolute Gasteiger partial charge is 0.463 e. The number of esters is 3. The van der Waals surface area contributed by atoms with Crippen LogP contribution in [-0.4, -0.2) is 109 Å². The van der Waals surface area contributed by atoms with Crippen molar-refractivity contribution in [3.8, 4) is 0 Å². The normalized spacial score (nSPS) is 9.80. The van der Waals surface area contributed by atoms with Crippen LogP contribution >= 0.6 is 0 Å². The van der Waals surface area contributed by atoms with Crippen LogP contribution in [0.25, 0.3) is 0 Å². The predicted molar refractivity (Wildman–Crippen MR) is 142 cm³/mol. The first-order valence-corrected chi connectivity index (χ1v) is 12.4. The summed E-state index contributed by atoms with van der Waals surface area (Å²) in [6, 6.07) is 0. The Morgan fingerprint density at radius 2 is 0.975 bits per heavy atom. The van der Waals surface area contributed by atoms with E-state index in [0.717, 1.165) is 0 Å². The number of Topliss-reactive ketones (excluding diaryl/α,β-unsaturated/α-hetero) is 1. The standard InChI is InChI=1S/C17H26N2O8.C9H16O4/c1-12(2)17(24)27-9-7-25-6-8-26-16(23)11-15(22)19-5-4-18-14(21)10-13(3)20;1-8(2)9(10)13-7-6-12-5-4-11-3/h1,4-11H2,2-3H3,(H,18,21)(H,19,22);1,4-7H2,2-3H3. The SMILES string of the molecule is C=C(C)C(=O)OCCOCCOC.C=C(C)C(=O)OCCOCCOC(=O)CC(=O)NCCNC(=O)CC(C)=O. The van der Waals surface area contributed by atoms with Crippen LogP contribution in [0.3, 0.4) is 0 Å². The van der Waals surface area contributed by atoms with Gasteiger partial charge in [0.2, 0.25) is 11.8 Å². The van der Waals surface area contributed by atoms with E-state index in [-0.39, 0.29) is 64.3 Å². The van der Waals surface area contributed by atoms with E-state index in [1.165, 1.54) is 13.8 Å². The fourth-order valence-electron chi connectivity index (χ4n) is 2.13. The molecule has 14 nitrogen and oxygen atoms in total. The van der Waals surface area contributed by atoms with Crippen LogP contribution in [0.1, 0.15) is 33.6 Å². The Hall–Kier alpha value is -3.62. The maximum absolute atomic E-state index is 11.5. The zero-order chi connectivity index (χ0) is 30.8. The summed E-state index contributed by atoms with van der Waals surface area (Å²) in [4.78, 5) is 66.8. The quantitative estimate of drug-likeness (QED) is 0.0618. The van der Waals surface area contributed by atoms with E-state index < -0.39 is 30.2 Å². The van der Waals surface area contributed by atoms with Crippen molar-refractivity contribution in [2.24, 2.45) is 0 Å². The van der Waals surface area contributed by atoms with Crippen molar-refractivity contribution < 1.29 is 57.2 Å². The summed E-state index contributed by atoms with van der Waals surface area (Å²) < 4.78 is 29.3. The molecule has 0 aromatic carbocycles. The summed E-state index contributed by atoms with van der Waals surface area (Å²) in [7, 11) is 1.60. The first-order chi connectivity index (χ1) is 18.9. The molecule has 0 rings (SSSR count). The third-order valence-corrected chi connectivity index (χ3v) is 4.02. The zero-order valence-electron chi connectivity index (χ0n) is 23.8. The molecule has 40 heavy (non-hydrogen) atoms. The summed E-state index contributed by atoms with van der Waals surface area (Å²) in [6.45, 7) is 13.6. The maximum Gasteiger partial charge on any atom is 0.333 e. The van der Waals surface area contributed by atoms with Gasteiger partial charge in [-0.15, -0.1) is 0 Å². The van der Waals surface area contributed by atoms with E-state index in [0.29, 0.717) is 31.0 Å². The monoisotopic (exact) mass is 574 g/mol. The fraction of sp³-hybridized carbons (Fsp3) is 0.615. The Morgan fingerprint density at radius 1 is 0.575 bits per heavy atom. The van der Waals surface area contributed by atoms with Crippen molar-refractivity contribution in [3.63, 3.8) is 0 Å². The van der Waals surface area contributed by atoms with Gasteiger partial charge in [-0.05, 0) is 20.8 Å². The molecule has 0 aliphatic heterocycles. The van der Waals surface area contributed by atoms with Crippen LogP contribution in [-0.2, 0) is 57.2 Å². The molecule has 2 amide bonds. The van der Waals surface area contributed by atoms with E-state index in [1.807, 2.05) is 0 Å². The second kappa shape index (κ2) is 25.6. The van der Waals surface area contributed by atoms with Crippen molar-refractivity contribution in [1.29, 1.82) is 0 Å². The van der Waals surface area contributed by atoms with Crippen LogP contribution in [0.15, 0.2) is 24.3 Å². The second-order valence-corrected chi connectivity index (χ2v) is 8.03. The Balaban J connectivity index is 0. The number of ether oxygens (including phenoxy) is 6. The minimum Gasteiger partial charge on any atom is -0.463 e. The van der Waals surface area contributed by atoms with Crippen molar-refractivity contribution in [1.82, 2.24) is 10.6 Å². The number of carbonyl (C=O) groups is 6. The molecule has 0 fully saturated rings. The molecule has 0 aliphatic carbocycles. The van der Waals surface area contributed by atoms with E-state index in [1.54, 1.807) is 14.0 Å². The van der Waals surface area contributed by atoms with Gasteiger partial charge in [-0.1, -0.05) is 13.2 Å². The predicted octanol–water partition coefficient (Wildman–Crippen LogP) is 0.0358. The van der Waals surface area contributed by atoms with Gasteiger partial charge in [-0.2, -0.15) is 0 Å². The number of carbonyl (C=O) groups excluding carboxylic acids is 6. The fourth-order valence-corrected chi connectivity index (χ4v) is 2.13. The third kappa shape index (κ3) is 27.4. The molecule has 0 heterocycles. The van der Waals surface area contributed by atoms with Gasteiger partial charge in [0.15, 0.2) is 0 Å². The molecular weight excluding hydrogens is 532 g/mol. The topological polar surface area (TPSA) is 182 Å². The van der Waals surface area contributed by atoms with Crippen molar-refractivity contribution in [3.05, 3.63) is 24.3 Å². The first-order valence-electron chi connectivity index (χ1n) is 12.4. The summed E-state index contributed by atoms with van der Waals surface area (Å²) in [5.74, 6) is -2.83. The average Bonchev–Trinajstić information content (AvgIpc) is 2.87. The molecule has 14 heteroatoms. The van der Waals surface area contributed by atoms with E-state index >= 15 is 0 Å². The molecule has 0 aromatic rings. The Labute approximate surface area is 234 Å². The minimum atomic E-state index is -0.717. The molecule has 0 unspecified atom stereocenters. The highest BCUT2D eigenvalue weighted by Gasteiger charge is 2.11. The van der Waals surface area contributed by atoms with Crippen molar-refractivity contribution in [2.45, 2.75) is 33.6 Å². The lowest BCUT2D eigenvalue weighted by molar-refractivity contribution is -0.148. The highest BCUT2D eigenvalue weighted by Crippen LogP contribution is 1.93.